The fourth-order valence-electron chi connectivity index (χ4n) is 4.97. The highest BCUT2D eigenvalue weighted by Crippen LogP contribution is 2.23. The monoisotopic (exact) mass is 434 g/mol. The SMILES string of the molecule is O=c1c2c(n(Cc3ccccc3)n1-c1ccccc1)CN(Cc1ccc3[nH]ccc3c1)CC2. The van der Waals surface area contributed by atoms with Gasteiger partial charge in [0.2, 0.25) is 0 Å². The van der Waals surface area contributed by atoms with Gasteiger partial charge in [0, 0.05) is 36.9 Å². The van der Waals surface area contributed by atoms with Gasteiger partial charge in [0.25, 0.3) is 5.56 Å². The van der Waals surface area contributed by atoms with Crippen LogP contribution >= 0.6 is 0 Å². The molecule has 0 bridgehead atoms. The van der Waals surface area contributed by atoms with Crippen molar-refractivity contribution in [2.45, 2.75) is 26.1 Å². The Bertz CT molecular complexity index is 1460. The summed E-state index contributed by atoms with van der Waals surface area (Å²) in [6.07, 6.45) is 2.76. The molecule has 0 radical (unpaired) electrons. The Labute approximate surface area is 192 Å². The van der Waals surface area contributed by atoms with E-state index in [-0.39, 0.29) is 5.56 Å². The number of hydrogen-bond acceptors (Lipinski definition) is 2. The summed E-state index contributed by atoms with van der Waals surface area (Å²) < 4.78 is 4.05. The van der Waals surface area contributed by atoms with E-state index in [9.17, 15) is 4.79 Å². The lowest BCUT2D eigenvalue weighted by Crippen LogP contribution is -2.32. The molecule has 5 nitrogen and oxygen atoms in total. The molecule has 0 fully saturated rings. The van der Waals surface area contributed by atoms with Crippen molar-refractivity contribution in [3.63, 3.8) is 0 Å². The molecule has 2 aromatic heterocycles. The van der Waals surface area contributed by atoms with E-state index in [0.29, 0.717) is 6.54 Å². The molecule has 0 saturated carbocycles. The van der Waals surface area contributed by atoms with Gasteiger partial charge in [-0.05, 0) is 53.3 Å². The highest BCUT2D eigenvalue weighted by molar-refractivity contribution is 5.79. The number of hydrogen-bond donors (Lipinski definition) is 1. The zero-order valence-electron chi connectivity index (χ0n) is 18.4. The summed E-state index contributed by atoms with van der Waals surface area (Å²) in [5, 5.41) is 1.24. The van der Waals surface area contributed by atoms with Crippen molar-refractivity contribution >= 4 is 10.9 Å². The summed E-state index contributed by atoms with van der Waals surface area (Å²) in [6.45, 7) is 3.19. The molecule has 1 N–H and O–H groups in total. The average molecular weight is 435 g/mol. The zero-order valence-corrected chi connectivity index (χ0v) is 18.4. The van der Waals surface area contributed by atoms with Crippen molar-refractivity contribution in [3.8, 4) is 5.69 Å². The number of rotatable bonds is 5. The predicted molar refractivity (Wildman–Crippen MR) is 132 cm³/mol. The predicted octanol–water partition coefficient (Wildman–Crippen LogP) is 4.73. The quantitative estimate of drug-likeness (QED) is 0.435. The van der Waals surface area contributed by atoms with Gasteiger partial charge in [-0.1, -0.05) is 54.6 Å². The van der Waals surface area contributed by atoms with Gasteiger partial charge in [0.1, 0.15) is 0 Å². The minimum Gasteiger partial charge on any atom is -0.361 e. The molecule has 5 aromatic rings. The van der Waals surface area contributed by atoms with Crippen LogP contribution in [0, 0.1) is 0 Å². The second-order valence-electron chi connectivity index (χ2n) is 8.78. The molecule has 3 aromatic carbocycles. The van der Waals surface area contributed by atoms with Gasteiger partial charge in [-0.25, -0.2) is 4.68 Å². The van der Waals surface area contributed by atoms with Gasteiger partial charge in [-0.15, -0.1) is 0 Å². The number of benzene rings is 3. The van der Waals surface area contributed by atoms with Gasteiger partial charge in [-0.3, -0.25) is 14.4 Å². The van der Waals surface area contributed by atoms with Crippen LogP contribution in [0.3, 0.4) is 0 Å². The maximum absolute atomic E-state index is 13.5. The first kappa shape index (κ1) is 19.8. The lowest BCUT2D eigenvalue weighted by molar-refractivity contribution is 0.236. The first-order chi connectivity index (χ1) is 16.3. The summed E-state index contributed by atoms with van der Waals surface area (Å²) in [7, 11) is 0. The second kappa shape index (κ2) is 8.26. The fourth-order valence-corrected chi connectivity index (χ4v) is 4.97. The minimum atomic E-state index is 0.112. The fraction of sp³-hybridized carbons (Fsp3) is 0.179. The summed E-state index contributed by atoms with van der Waals surface area (Å²) in [6, 6.07) is 29.1. The Morgan fingerprint density at radius 3 is 2.42 bits per heavy atom. The van der Waals surface area contributed by atoms with Crippen molar-refractivity contribution in [2.75, 3.05) is 6.54 Å². The standard InChI is InChI=1S/C28H26N4O/c33-28-25-14-16-30(18-22-11-12-26-23(17-22)13-15-29-26)20-27(25)31(19-21-7-3-1-4-8-21)32(28)24-9-5-2-6-10-24/h1-13,15,17,29H,14,16,18-20H2. The lowest BCUT2D eigenvalue weighted by atomic mass is 10.1. The van der Waals surface area contributed by atoms with Crippen molar-refractivity contribution < 1.29 is 0 Å². The van der Waals surface area contributed by atoms with Crippen LogP contribution < -0.4 is 5.56 Å². The number of H-pyrrole nitrogens is 1. The zero-order chi connectivity index (χ0) is 22.2. The van der Waals surface area contributed by atoms with Crippen LogP contribution in [0.5, 0.6) is 0 Å². The van der Waals surface area contributed by atoms with Gasteiger partial charge in [-0.2, -0.15) is 0 Å². The van der Waals surface area contributed by atoms with E-state index in [1.807, 2.05) is 47.3 Å². The van der Waals surface area contributed by atoms with Crippen molar-refractivity contribution in [2.24, 2.45) is 0 Å². The first-order valence-corrected chi connectivity index (χ1v) is 11.5. The Morgan fingerprint density at radius 2 is 1.61 bits per heavy atom. The number of nitrogens with zero attached hydrogens (tertiary/aromatic N) is 3. The van der Waals surface area contributed by atoms with Crippen LogP contribution in [0.25, 0.3) is 16.6 Å². The molecule has 0 atom stereocenters. The highest BCUT2D eigenvalue weighted by atomic mass is 16.1. The van der Waals surface area contributed by atoms with Crippen molar-refractivity contribution in [1.82, 2.24) is 19.2 Å². The van der Waals surface area contributed by atoms with E-state index in [1.165, 1.54) is 16.5 Å². The summed E-state index contributed by atoms with van der Waals surface area (Å²) in [5.41, 5.74) is 6.75. The highest BCUT2D eigenvalue weighted by Gasteiger charge is 2.27. The van der Waals surface area contributed by atoms with Crippen LogP contribution in [0.4, 0.5) is 0 Å². The third kappa shape index (κ3) is 3.70. The second-order valence-corrected chi connectivity index (χ2v) is 8.78. The Morgan fingerprint density at radius 1 is 0.818 bits per heavy atom. The molecule has 6 rings (SSSR count). The summed E-state index contributed by atoms with van der Waals surface area (Å²) in [4.78, 5) is 19.2. The number of nitrogens with one attached hydrogen (secondary N) is 1. The van der Waals surface area contributed by atoms with Gasteiger partial charge in [0.15, 0.2) is 0 Å². The molecule has 0 unspecified atom stereocenters. The maximum Gasteiger partial charge on any atom is 0.274 e. The van der Waals surface area contributed by atoms with Gasteiger partial charge in [0.05, 0.1) is 17.9 Å². The third-order valence-electron chi connectivity index (χ3n) is 6.60. The molecule has 33 heavy (non-hydrogen) atoms. The van der Waals surface area contributed by atoms with Gasteiger partial charge < -0.3 is 4.98 Å². The molecule has 164 valence electrons. The summed E-state index contributed by atoms with van der Waals surface area (Å²) >= 11 is 0. The van der Waals surface area contributed by atoms with E-state index in [4.69, 9.17) is 0 Å². The van der Waals surface area contributed by atoms with Crippen LogP contribution in [-0.2, 0) is 26.1 Å². The number of aromatic amines is 1. The minimum absolute atomic E-state index is 0.112. The Kier molecular flexibility index (Phi) is 4.96. The Balaban J connectivity index is 1.38. The third-order valence-corrected chi connectivity index (χ3v) is 6.60. The molecule has 0 saturated heterocycles. The summed E-state index contributed by atoms with van der Waals surface area (Å²) in [5.74, 6) is 0. The average Bonchev–Trinajstić information content (AvgIpc) is 3.42. The van der Waals surface area contributed by atoms with Crippen LogP contribution in [0.1, 0.15) is 22.4 Å². The first-order valence-electron chi connectivity index (χ1n) is 11.5. The largest absolute Gasteiger partial charge is 0.361 e. The van der Waals surface area contributed by atoms with Gasteiger partial charge >= 0.3 is 0 Å². The van der Waals surface area contributed by atoms with E-state index in [2.05, 4.69) is 63.1 Å². The normalized spacial score (nSPS) is 13.9. The Hall–Kier alpha value is -3.83. The molecule has 0 spiro atoms. The van der Waals surface area contributed by atoms with Crippen LogP contribution in [0.15, 0.2) is 95.9 Å². The van der Waals surface area contributed by atoms with E-state index in [0.717, 1.165) is 48.5 Å². The molecule has 1 aliphatic heterocycles. The number of fused-ring (bicyclic) bond motifs is 2. The van der Waals surface area contributed by atoms with Crippen molar-refractivity contribution in [1.29, 1.82) is 0 Å². The molecule has 1 aliphatic rings. The van der Waals surface area contributed by atoms with E-state index in [1.54, 1.807) is 0 Å². The topological polar surface area (TPSA) is 46.0 Å². The number of para-hydroxylation sites is 1. The molecule has 5 heteroatoms. The maximum atomic E-state index is 13.5. The van der Waals surface area contributed by atoms with E-state index >= 15 is 0 Å². The lowest BCUT2D eigenvalue weighted by Gasteiger charge is -2.28. The van der Waals surface area contributed by atoms with Crippen LogP contribution in [0.2, 0.25) is 0 Å². The van der Waals surface area contributed by atoms with Crippen molar-refractivity contribution in [3.05, 3.63) is 124 Å². The molecule has 3 heterocycles. The van der Waals surface area contributed by atoms with Crippen LogP contribution in [-0.4, -0.2) is 25.8 Å². The molecular weight excluding hydrogens is 408 g/mol. The smallest absolute Gasteiger partial charge is 0.274 e. The number of aromatic nitrogens is 3. The molecular formula is C28H26N4O. The van der Waals surface area contributed by atoms with E-state index < -0.39 is 0 Å². The molecule has 0 aliphatic carbocycles. The molecule has 0 amide bonds.